The Labute approximate surface area is 135 Å². The fourth-order valence-electron chi connectivity index (χ4n) is 3.38. The average Bonchev–Trinajstić information content (AvgIpc) is 2.99. The molecule has 23 heavy (non-hydrogen) atoms. The zero-order valence-corrected chi connectivity index (χ0v) is 13.3. The first-order valence-corrected chi connectivity index (χ1v) is 8.11. The van der Waals surface area contributed by atoms with Crippen molar-refractivity contribution >= 4 is 5.82 Å². The number of H-pyrrole nitrogens is 1. The van der Waals surface area contributed by atoms with Crippen molar-refractivity contribution in [3.63, 3.8) is 0 Å². The molecule has 0 unspecified atom stereocenters. The minimum Gasteiger partial charge on any atom is -0.377 e. The molecular weight excluding hydrogens is 292 g/mol. The van der Waals surface area contributed by atoms with E-state index >= 15 is 0 Å². The first kappa shape index (κ1) is 14.6. The van der Waals surface area contributed by atoms with Crippen LogP contribution in [-0.2, 0) is 24.3 Å². The van der Waals surface area contributed by atoms with Gasteiger partial charge in [0.25, 0.3) is 0 Å². The molecule has 2 aromatic rings. The summed E-state index contributed by atoms with van der Waals surface area (Å²) in [6.45, 7) is 2.16. The van der Waals surface area contributed by atoms with Crippen molar-refractivity contribution in [2.75, 3.05) is 18.6 Å². The third-order valence-corrected chi connectivity index (χ3v) is 4.74. The fourth-order valence-corrected chi connectivity index (χ4v) is 3.38. The molecule has 2 aromatic heterocycles. The Balaban J connectivity index is 1.62. The van der Waals surface area contributed by atoms with Gasteiger partial charge in [0.15, 0.2) is 5.82 Å². The molecular formula is C16H22N6O. The van der Waals surface area contributed by atoms with Gasteiger partial charge in [-0.05, 0) is 12.8 Å². The maximum atomic E-state index is 5.94. The molecule has 4 rings (SSSR count). The molecule has 0 atom stereocenters. The Morgan fingerprint density at radius 1 is 1.39 bits per heavy atom. The van der Waals surface area contributed by atoms with Crippen LogP contribution in [-0.4, -0.2) is 39.6 Å². The maximum absolute atomic E-state index is 5.94. The Bertz CT molecular complexity index is 694. The van der Waals surface area contributed by atoms with E-state index in [0.29, 0.717) is 18.6 Å². The molecule has 122 valence electrons. The summed E-state index contributed by atoms with van der Waals surface area (Å²) in [6, 6.07) is 2.43. The number of hydrogen-bond donors (Lipinski definition) is 2. The SMILES string of the molecule is COCc1nc(C2CC(N)C2)cc(N2CCc3nc[nH]c3C2)n1. The molecule has 1 saturated carbocycles. The largest absolute Gasteiger partial charge is 0.377 e. The molecule has 3 N–H and O–H groups in total. The quantitative estimate of drug-likeness (QED) is 0.878. The standard InChI is InChI=1S/C16H22N6O/c1-23-8-15-20-13(10-4-11(17)5-10)6-16(21-15)22-3-2-12-14(7-22)19-9-18-12/h6,9-11H,2-5,7-8,17H2,1H3,(H,18,19). The molecule has 7 heteroatoms. The summed E-state index contributed by atoms with van der Waals surface area (Å²) in [6.07, 6.45) is 4.72. The van der Waals surface area contributed by atoms with Gasteiger partial charge < -0.3 is 20.4 Å². The molecule has 0 radical (unpaired) electrons. The zero-order chi connectivity index (χ0) is 15.8. The Morgan fingerprint density at radius 3 is 3.04 bits per heavy atom. The third kappa shape index (κ3) is 2.82. The molecule has 1 fully saturated rings. The van der Waals surface area contributed by atoms with Gasteiger partial charge in [0.2, 0.25) is 0 Å². The Hall–Kier alpha value is -1.99. The van der Waals surface area contributed by atoms with Gasteiger partial charge in [-0.25, -0.2) is 15.0 Å². The minimum absolute atomic E-state index is 0.312. The number of nitrogens with one attached hydrogen (secondary N) is 1. The second-order valence-electron chi connectivity index (χ2n) is 6.43. The molecule has 0 aromatic carbocycles. The van der Waals surface area contributed by atoms with Crippen molar-refractivity contribution in [3.05, 3.63) is 35.3 Å². The number of aromatic nitrogens is 4. The summed E-state index contributed by atoms with van der Waals surface area (Å²) in [5.41, 5.74) is 9.37. The average molecular weight is 314 g/mol. The van der Waals surface area contributed by atoms with Crippen LogP contribution >= 0.6 is 0 Å². The van der Waals surface area contributed by atoms with Crippen LogP contribution < -0.4 is 10.6 Å². The van der Waals surface area contributed by atoms with Crippen LogP contribution in [0.25, 0.3) is 0 Å². The number of ether oxygens (including phenoxy) is 1. The number of rotatable bonds is 4. The van der Waals surface area contributed by atoms with Gasteiger partial charge >= 0.3 is 0 Å². The second-order valence-corrected chi connectivity index (χ2v) is 6.43. The Kier molecular flexibility index (Phi) is 3.74. The lowest BCUT2D eigenvalue weighted by Crippen LogP contribution is -2.36. The van der Waals surface area contributed by atoms with Gasteiger partial charge in [0.1, 0.15) is 12.4 Å². The van der Waals surface area contributed by atoms with Crippen LogP contribution in [0.1, 0.15) is 41.7 Å². The van der Waals surface area contributed by atoms with Crippen molar-refractivity contribution in [2.45, 2.75) is 44.4 Å². The summed E-state index contributed by atoms with van der Waals surface area (Å²) in [4.78, 5) is 19.2. The van der Waals surface area contributed by atoms with Gasteiger partial charge in [0, 0.05) is 43.8 Å². The highest BCUT2D eigenvalue weighted by atomic mass is 16.5. The van der Waals surface area contributed by atoms with E-state index in [1.807, 2.05) is 0 Å². The van der Waals surface area contributed by atoms with E-state index in [2.05, 4.69) is 30.9 Å². The van der Waals surface area contributed by atoms with Gasteiger partial charge in [-0.15, -0.1) is 0 Å². The van der Waals surface area contributed by atoms with Crippen molar-refractivity contribution in [3.8, 4) is 0 Å². The van der Waals surface area contributed by atoms with E-state index in [9.17, 15) is 0 Å². The van der Waals surface area contributed by atoms with Crippen LogP contribution in [0.5, 0.6) is 0 Å². The van der Waals surface area contributed by atoms with Crippen LogP contribution in [0.3, 0.4) is 0 Å². The van der Waals surface area contributed by atoms with E-state index in [0.717, 1.165) is 55.4 Å². The molecule has 3 heterocycles. The summed E-state index contributed by atoms with van der Waals surface area (Å²) in [7, 11) is 1.67. The lowest BCUT2D eigenvalue weighted by Gasteiger charge is -2.33. The van der Waals surface area contributed by atoms with Crippen molar-refractivity contribution in [1.82, 2.24) is 19.9 Å². The molecule has 0 saturated heterocycles. The molecule has 1 aliphatic carbocycles. The van der Waals surface area contributed by atoms with Crippen LogP contribution in [0, 0.1) is 0 Å². The van der Waals surface area contributed by atoms with Gasteiger partial charge in [-0.2, -0.15) is 0 Å². The third-order valence-electron chi connectivity index (χ3n) is 4.74. The highest BCUT2D eigenvalue weighted by Crippen LogP contribution is 2.36. The number of aromatic amines is 1. The second kappa shape index (κ2) is 5.90. The van der Waals surface area contributed by atoms with Gasteiger partial charge in [-0.3, -0.25) is 0 Å². The van der Waals surface area contributed by atoms with Crippen LogP contribution in [0.4, 0.5) is 5.82 Å². The lowest BCUT2D eigenvalue weighted by molar-refractivity contribution is 0.177. The first-order valence-electron chi connectivity index (χ1n) is 8.11. The van der Waals surface area contributed by atoms with Crippen molar-refractivity contribution in [2.24, 2.45) is 5.73 Å². The predicted molar refractivity (Wildman–Crippen MR) is 86.0 cm³/mol. The molecule has 1 aliphatic heterocycles. The van der Waals surface area contributed by atoms with E-state index in [4.69, 9.17) is 10.5 Å². The number of hydrogen-bond acceptors (Lipinski definition) is 6. The minimum atomic E-state index is 0.312. The number of nitrogens with zero attached hydrogens (tertiary/aromatic N) is 4. The number of methoxy groups -OCH3 is 1. The Morgan fingerprint density at radius 2 is 2.26 bits per heavy atom. The van der Waals surface area contributed by atoms with Crippen molar-refractivity contribution < 1.29 is 4.74 Å². The summed E-state index contributed by atoms with van der Waals surface area (Å²) in [5.74, 6) is 2.17. The molecule has 0 spiro atoms. The van der Waals surface area contributed by atoms with Gasteiger partial charge in [-0.1, -0.05) is 0 Å². The summed E-state index contributed by atoms with van der Waals surface area (Å²) >= 11 is 0. The highest BCUT2D eigenvalue weighted by molar-refractivity contribution is 5.43. The van der Waals surface area contributed by atoms with E-state index < -0.39 is 0 Å². The smallest absolute Gasteiger partial charge is 0.156 e. The summed E-state index contributed by atoms with van der Waals surface area (Å²) in [5, 5.41) is 0. The van der Waals surface area contributed by atoms with E-state index in [1.165, 1.54) is 5.69 Å². The summed E-state index contributed by atoms with van der Waals surface area (Å²) < 4.78 is 5.24. The molecule has 0 bridgehead atoms. The van der Waals surface area contributed by atoms with Crippen LogP contribution in [0.2, 0.25) is 0 Å². The molecule has 2 aliphatic rings. The normalized spacial score (nSPS) is 23.5. The van der Waals surface area contributed by atoms with Gasteiger partial charge in [0.05, 0.1) is 24.3 Å². The van der Waals surface area contributed by atoms with E-state index in [-0.39, 0.29) is 0 Å². The fraction of sp³-hybridized carbons (Fsp3) is 0.562. The maximum Gasteiger partial charge on any atom is 0.156 e. The first-order chi connectivity index (χ1) is 11.2. The van der Waals surface area contributed by atoms with Crippen LogP contribution in [0.15, 0.2) is 12.4 Å². The monoisotopic (exact) mass is 314 g/mol. The number of fused-ring (bicyclic) bond motifs is 1. The molecule has 0 amide bonds. The van der Waals surface area contributed by atoms with E-state index in [1.54, 1.807) is 13.4 Å². The topological polar surface area (TPSA) is 93.0 Å². The highest BCUT2D eigenvalue weighted by Gasteiger charge is 2.30. The molecule has 7 nitrogen and oxygen atoms in total. The number of anilines is 1. The lowest BCUT2D eigenvalue weighted by atomic mass is 9.78. The predicted octanol–water partition coefficient (Wildman–Crippen LogP) is 1.11. The van der Waals surface area contributed by atoms with Crippen molar-refractivity contribution in [1.29, 1.82) is 0 Å². The zero-order valence-electron chi connectivity index (χ0n) is 13.3. The number of imidazole rings is 1. The number of nitrogens with two attached hydrogens (primary N) is 1.